The minimum absolute atomic E-state index is 0.170. The molecule has 4 rings (SSSR count). The largest absolute Gasteiger partial charge is 0.496 e. The van der Waals surface area contributed by atoms with Gasteiger partial charge >= 0.3 is 0 Å². The predicted molar refractivity (Wildman–Crippen MR) is 132 cm³/mol. The van der Waals surface area contributed by atoms with Crippen LogP contribution in [0.5, 0.6) is 17.2 Å². The minimum atomic E-state index is -0.170. The molecule has 1 aromatic heterocycles. The number of aromatic nitrogens is 2. The summed E-state index contributed by atoms with van der Waals surface area (Å²) in [6, 6.07) is 22.9. The molecule has 3 aromatic carbocycles. The second kappa shape index (κ2) is 11.2. The maximum Gasteiger partial charge on any atom is 0.255 e. The highest BCUT2D eigenvalue weighted by atomic mass is 16.5. The van der Waals surface area contributed by atoms with Gasteiger partial charge in [-0.3, -0.25) is 4.79 Å². The number of methoxy groups -OCH3 is 1. The van der Waals surface area contributed by atoms with Crippen molar-refractivity contribution in [1.29, 1.82) is 0 Å². The highest BCUT2D eigenvalue weighted by Gasteiger charge is 2.14. The van der Waals surface area contributed by atoms with Crippen molar-refractivity contribution < 1.29 is 19.0 Å². The van der Waals surface area contributed by atoms with Gasteiger partial charge in [-0.1, -0.05) is 36.4 Å². The quantitative estimate of drug-likeness (QED) is 0.358. The Labute approximate surface area is 199 Å². The Balaban J connectivity index is 1.43. The van der Waals surface area contributed by atoms with Crippen LogP contribution in [-0.2, 0) is 13.0 Å². The summed E-state index contributed by atoms with van der Waals surface area (Å²) in [5, 5.41) is 2.98. The van der Waals surface area contributed by atoms with Gasteiger partial charge in [0, 0.05) is 13.0 Å². The first-order chi connectivity index (χ1) is 16.7. The molecule has 1 amide bonds. The Kier molecular flexibility index (Phi) is 7.65. The molecule has 0 aliphatic rings. The normalized spacial score (nSPS) is 10.8. The maximum atomic E-state index is 12.6. The Morgan fingerprint density at radius 1 is 0.912 bits per heavy atom. The lowest BCUT2D eigenvalue weighted by Crippen LogP contribution is -2.27. The van der Waals surface area contributed by atoms with Gasteiger partial charge in [-0.25, -0.2) is 4.98 Å². The summed E-state index contributed by atoms with van der Waals surface area (Å²) in [4.78, 5) is 17.4. The molecule has 0 aliphatic carbocycles. The summed E-state index contributed by atoms with van der Waals surface area (Å²) >= 11 is 0. The highest BCUT2D eigenvalue weighted by Crippen LogP contribution is 2.26. The van der Waals surface area contributed by atoms with Gasteiger partial charge in [0.1, 0.15) is 18.2 Å². The number of benzene rings is 3. The Morgan fingerprint density at radius 3 is 2.35 bits per heavy atom. The van der Waals surface area contributed by atoms with Gasteiger partial charge < -0.3 is 24.1 Å². The molecule has 0 saturated heterocycles. The molecule has 1 heterocycles. The number of rotatable bonds is 11. The summed E-state index contributed by atoms with van der Waals surface area (Å²) < 4.78 is 19.1. The number of nitrogens with zero attached hydrogens (tertiary/aromatic N) is 2. The molecule has 34 heavy (non-hydrogen) atoms. The van der Waals surface area contributed by atoms with E-state index in [1.54, 1.807) is 19.2 Å². The molecule has 7 heteroatoms. The van der Waals surface area contributed by atoms with Crippen molar-refractivity contribution >= 4 is 16.9 Å². The van der Waals surface area contributed by atoms with Crippen LogP contribution >= 0.6 is 0 Å². The van der Waals surface area contributed by atoms with Gasteiger partial charge in [0.2, 0.25) is 0 Å². The van der Waals surface area contributed by atoms with Crippen molar-refractivity contribution in [3.63, 3.8) is 0 Å². The van der Waals surface area contributed by atoms with E-state index in [1.807, 2.05) is 67.6 Å². The second-order valence-corrected chi connectivity index (χ2v) is 7.60. The number of nitrogens with one attached hydrogen (secondary N) is 1. The van der Waals surface area contributed by atoms with E-state index >= 15 is 0 Å². The van der Waals surface area contributed by atoms with Gasteiger partial charge in [-0.15, -0.1) is 0 Å². The Morgan fingerprint density at radius 2 is 1.59 bits per heavy atom. The molecule has 0 radical (unpaired) electrons. The second-order valence-electron chi connectivity index (χ2n) is 7.60. The van der Waals surface area contributed by atoms with Crippen molar-refractivity contribution in [2.45, 2.75) is 19.9 Å². The third kappa shape index (κ3) is 5.31. The van der Waals surface area contributed by atoms with Crippen molar-refractivity contribution in [2.24, 2.45) is 0 Å². The minimum Gasteiger partial charge on any atom is -0.496 e. The van der Waals surface area contributed by atoms with Gasteiger partial charge in [0.25, 0.3) is 5.91 Å². The van der Waals surface area contributed by atoms with Crippen LogP contribution in [0.3, 0.4) is 0 Å². The van der Waals surface area contributed by atoms with Crippen molar-refractivity contribution in [3.05, 3.63) is 84.2 Å². The van der Waals surface area contributed by atoms with Crippen molar-refractivity contribution in [2.75, 3.05) is 26.9 Å². The van der Waals surface area contributed by atoms with Gasteiger partial charge in [0.15, 0.2) is 11.5 Å². The van der Waals surface area contributed by atoms with E-state index in [4.69, 9.17) is 19.2 Å². The van der Waals surface area contributed by atoms with Crippen molar-refractivity contribution in [1.82, 2.24) is 14.9 Å². The third-order valence-electron chi connectivity index (χ3n) is 5.44. The first-order valence-corrected chi connectivity index (χ1v) is 11.4. The number of hydrogen-bond donors (Lipinski definition) is 1. The fourth-order valence-electron chi connectivity index (χ4n) is 3.87. The number of carbonyl (C=O) groups is 1. The van der Waals surface area contributed by atoms with Crippen LogP contribution < -0.4 is 19.5 Å². The number of para-hydroxylation sites is 5. The topological polar surface area (TPSA) is 74.6 Å². The van der Waals surface area contributed by atoms with Crippen LogP contribution in [0.1, 0.15) is 23.1 Å². The number of fused-ring (bicyclic) bond motifs is 1. The standard InChI is InChI=1S/C27H29N3O4/c1-3-33-24-14-8-9-15-25(24)34-19-18-30-22-12-6-5-11-21(22)29-26(30)16-17-28-27(31)20-10-4-7-13-23(20)32-2/h4-15H,3,16-19H2,1-2H3,(H,28,31). The molecule has 0 aliphatic heterocycles. The number of carbonyl (C=O) groups excluding carboxylic acids is 1. The smallest absolute Gasteiger partial charge is 0.255 e. The Hall–Kier alpha value is -4.00. The summed E-state index contributed by atoms with van der Waals surface area (Å²) in [5.41, 5.74) is 2.47. The lowest BCUT2D eigenvalue weighted by Gasteiger charge is -2.14. The van der Waals surface area contributed by atoms with Crippen LogP contribution in [0.2, 0.25) is 0 Å². The fraction of sp³-hybridized carbons (Fsp3) is 0.259. The number of amides is 1. The van der Waals surface area contributed by atoms with Crippen LogP contribution in [0.4, 0.5) is 0 Å². The predicted octanol–water partition coefficient (Wildman–Crippen LogP) is 4.50. The van der Waals surface area contributed by atoms with Gasteiger partial charge in [-0.05, 0) is 43.3 Å². The van der Waals surface area contributed by atoms with Crippen LogP contribution in [0.15, 0.2) is 72.8 Å². The molecule has 176 valence electrons. The highest BCUT2D eigenvalue weighted by molar-refractivity contribution is 5.96. The lowest BCUT2D eigenvalue weighted by atomic mass is 10.2. The molecule has 0 fully saturated rings. The van der Waals surface area contributed by atoms with Crippen LogP contribution in [-0.4, -0.2) is 42.3 Å². The molecular formula is C27H29N3O4. The lowest BCUT2D eigenvalue weighted by molar-refractivity contribution is 0.0951. The molecule has 0 atom stereocenters. The fourth-order valence-corrected chi connectivity index (χ4v) is 3.87. The monoisotopic (exact) mass is 459 g/mol. The summed E-state index contributed by atoms with van der Waals surface area (Å²) in [6.45, 7) is 4.07. The summed E-state index contributed by atoms with van der Waals surface area (Å²) in [7, 11) is 1.56. The molecule has 4 aromatic rings. The average Bonchev–Trinajstić information content (AvgIpc) is 3.22. The molecule has 0 unspecified atom stereocenters. The number of ether oxygens (including phenoxy) is 3. The molecule has 0 saturated carbocycles. The number of hydrogen-bond acceptors (Lipinski definition) is 5. The molecule has 0 bridgehead atoms. The molecular weight excluding hydrogens is 430 g/mol. The average molecular weight is 460 g/mol. The Bertz CT molecular complexity index is 1250. The zero-order valence-corrected chi connectivity index (χ0v) is 19.5. The van der Waals surface area contributed by atoms with Crippen LogP contribution in [0, 0.1) is 0 Å². The van der Waals surface area contributed by atoms with Crippen LogP contribution in [0.25, 0.3) is 11.0 Å². The van der Waals surface area contributed by atoms with E-state index in [0.29, 0.717) is 44.0 Å². The number of imidazole rings is 1. The van der Waals surface area contributed by atoms with E-state index in [2.05, 4.69) is 9.88 Å². The van der Waals surface area contributed by atoms with Crippen molar-refractivity contribution in [3.8, 4) is 17.2 Å². The first kappa shape index (κ1) is 23.2. The van der Waals surface area contributed by atoms with E-state index in [1.165, 1.54) is 0 Å². The van der Waals surface area contributed by atoms with E-state index in [0.717, 1.165) is 28.4 Å². The van der Waals surface area contributed by atoms with E-state index in [9.17, 15) is 4.79 Å². The van der Waals surface area contributed by atoms with Gasteiger partial charge in [0.05, 0.1) is 36.9 Å². The molecule has 7 nitrogen and oxygen atoms in total. The summed E-state index contributed by atoms with van der Waals surface area (Å²) in [5.74, 6) is 2.73. The van der Waals surface area contributed by atoms with E-state index < -0.39 is 0 Å². The van der Waals surface area contributed by atoms with E-state index in [-0.39, 0.29) is 5.91 Å². The molecule has 1 N–H and O–H groups in total. The maximum absolute atomic E-state index is 12.6. The zero-order chi connectivity index (χ0) is 23.8. The third-order valence-corrected chi connectivity index (χ3v) is 5.44. The summed E-state index contributed by atoms with van der Waals surface area (Å²) in [6.07, 6.45) is 0.588. The van der Waals surface area contributed by atoms with Gasteiger partial charge in [-0.2, -0.15) is 0 Å². The SMILES string of the molecule is CCOc1ccccc1OCCn1c(CCNC(=O)c2ccccc2OC)nc2ccccc21. The zero-order valence-electron chi connectivity index (χ0n) is 19.5. The molecule has 0 spiro atoms. The first-order valence-electron chi connectivity index (χ1n) is 11.4.